The molecule has 0 unspecified atom stereocenters. The van der Waals surface area contributed by atoms with Gasteiger partial charge in [-0.1, -0.05) is 25.7 Å². The minimum absolute atomic E-state index is 0.312. The van der Waals surface area contributed by atoms with Gasteiger partial charge in [-0.2, -0.15) is 0 Å². The van der Waals surface area contributed by atoms with Crippen LogP contribution in [0.1, 0.15) is 72.6 Å². The summed E-state index contributed by atoms with van der Waals surface area (Å²) in [5.74, 6) is -0.750. The molecule has 1 fully saturated rings. The lowest BCUT2D eigenvalue weighted by Gasteiger charge is -2.35. The average molecular weight is 256 g/mol. The third-order valence-corrected chi connectivity index (χ3v) is 3.73. The molecule has 3 heteroatoms. The molecule has 3 nitrogen and oxygen atoms in total. The second kappa shape index (κ2) is 6.05. The Morgan fingerprint density at radius 1 is 1.11 bits per heavy atom. The van der Waals surface area contributed by atoms with Crippen molar-refractivity contribution in [2.75, 3.05) is 0 Å². The number of carbonyl (C=O) groups is 1. The van der Waals surface area contributed by atoms with E-state index in [4.69, 9.17) is 4.74 Å². The summed E-state index contributed by atoms with van der Waals surface area (Å²) in [6.45, 7) is 7.58. The molecule has 0 aromatic rings. The van der Waals surface area contributed by atoms with Crippen LogP contribution in [0, 0.1) is 5.41 Å². The third kappa shape index (κ3) is 4.97. The van der Waals surface area contributed by atoms with Crippen LogP contribution in [-0.2, 0) is 9.53 Å². The summed E-state index contributed by atoms with van der Waals surface area (Å²) in [5.41, 5.74) is -1.09. The number of carboxylic acids is 1. The Morgan fingerprint density at radius 3 is 2.06 bits per heavy atom. The normalized spacial score (nSPS) is 19.6. The molecular formula is C15H28O3. The molecule has 0 atom stereocenters. The van der Waals surface area contributed by atoms with Gasteiger partial charge in [0, 0.05) is 0 Å². The Hall–Kier alpha value is -0.570. The molecule has 0 aliphatic heterocycles. The third-order valence-electron chi connectivity index (χ3n) is 3.73. The SMILES string of the molecule is CC(C)(CC(C)(C)C(=O)O)OC1CCCCCC1. The molecule has 1 saturated carbocycles. The maximum absolute atomic E-state index is 11.2. The lowest BCUT2D eigenvalue weighted by molar-refractivity contribution is -0.154. The molecule has 0 spiro atoms. The van der Waals surface area contributed by atoms with Gasteiger partial charge < -0.3 is 9.84 Å². The van der Waals surface area contributed by atoms with Crippen LogP contribution >= 0.6 is 0 Å². The van der Waals surface area contributed by atoms with Crippen LogP contribution in [-0.4, -0.2) is 22.8 Å². The molecular weight excluding hydrogens is 228 g/mol. The van der Waals surface area contributed by atoms with Gasteiger partial charge in [0.25, 0.3) is 0 Å². The number of ether oxygens (including phenoxy) is 1. The van der Waals surface area contributed by atoms with Crippen molar-refractivity contribution in [3.8, 4) is 0 Å². The molecule has 0 aromatic carbocycles. The molecule has 1 aliphatic carbocycles. The Labute approximate surface area is 111 Å². The number of carboxylic acid groups (broad SMARTS) is 1. The molecule has 0 saturated heterocycles. The van der Waals surface area contributed by atoms with Crippen LogP contribution in [0.5, 0.6) is 0 Å². The smallest absolute Gasteiger partial charge is 0.309 e. The second-order valence-corrected chi connectivity index (χ2v) is 6.86. The van der Waals surface area contributed by atoms with Gasteiger partial charge in [0.05, 0.1) is 17.1 Å². The topological polar surface area (TPSA) is 46.5 Å². The van der Waals surface area contributed by atoms with Crippen molar-refractivity contribution in [1.82, 2.24) is 0 Å². The molecule has 0 amide bonds. The number of hydrogen-bond acceptors (Lipinski definition) is 2. The largest absolute Gasteiger partial charge is 0.481 e. The van der Waals surface area contributed by atoms with Crippen LogP contribution in [0.25, 0.3) is 0 Å². The van der Waals surface area contributed by atoms with Gasteiger partial charge >= 0.3 is 5.97 Å². The van der Waals surface area contributed by atoms with Gasteiger partial charge in [-0.25, -0.2) is 0 Å². The van der Waals surface area contributed by atoms with E-state index in [2.05, 4.69) is 0 Å². The molecule has 106 valence electrons. The summed E-state index contributed by atoms with van der Waals surface area (Å²) in [7, 11) is 0. The predicted molar refractivity (Wildman–Crippen MR) is 72.7 cm³/mol. The zero-order valence-corrected chi connectivity index (χ0v) is 12.3. The Balaban J connectivity index is 2.54. The fraction of sp³-hybridized carbons (Fsp3) is 0.933. The predicted octanol–water partition coefficient (Wildman–Crippen LogP) is 4.01. The fourth-order valence-corrected chi connectivity index (χ4v) is 2.99. The maximum Gasteiger partial charge on any atom is 0.309 e. The van der Waals surface area contributed by atoms with Crippen molar-refractivity contribution in [1.29, 1.82) is 0 Å². The van der Waals surface area contributed by atoms with Gasteiger partial charge in [0.1, 0.15) is 0 Å². The number of hydrogen-bond donors (Lipinski definition) is 1. The van der Waals surface area contributed by atoms with Gasteiger partial charge in [-0.05, 0) is 47.0 Å². The summed E-state index contributed by atoms with van der Waals surface area (Å²) >= 11 is 0. The highest BCUT2D eigenvalue weighted by Crippen LogP contribution is 2.33. The van der Waals surface area contributed by atoms with Crippen molar-refractivity contribution in [3.05, 3.63) is 0 Å². The van der Waals surface area contributed by atoms with Crippen LogP contribution in [0.15, 0.2) is 0 Å². The molecule has 18 heavy (non-hydrogen) atoms. The molecule has 0 heterocycles. The van der Waals surface area contributed by atoms with Crippen LogP contribution < -0.4 is 0 Å². The van der Waals surface area contributed by atoms with Crippen LogP contribution in [0.4, 0.5) is 0 Å². The van der Waals surface area contributed by atoms with E-state index in [0.717, 1.165) is 12.8 Å². The van der Waals surface area contributed by atoms with Crippen molar-refractivity contribution in [2.45, 2.75) is 84.3 Å². The molecule has 1 N–H and O–H groups in total. The summed E-state index contributed by atoms with van der Waals surface area (Å²) in [5, 5.41) is 9.20. The van der Waals surface area contributed by atoms with Crippen molar-refractivity contribution < 1.29 is 14.6 Å². The molecule has 0 radical (unpaired) electrons. The standard InChI is InChI=1S/C15H28O3/c1-14(2,13(16)17)11-15(3,4)18-12-9-7-5-6-8-10-12/h12H,5-11H2,1-4H3,(H,16,17). The van der Waals surface area contributed by atoms with E-state index in [0.29, 0.717) is 12.5 Å². The quantitative estimate of drug-likeness (QED) is 0.756. The first-order valence-corrected chi connectivity index (χ1v) is 7.14. The minimum atomic E-state index is -0.750. The lowest BCUT2D eigenvalue weighted by atomic mass is 9.81. The van der Waals surface area contributed by atoms with E-state index >= 15 is 0 Å². The number of rotatable bonds is 5. The minimum Gasteiger partial charge on any atom is -0.481 e. The Bertz CT molecular complexity index is 273. The van der Waals surface area contributed by atoms with Crippen LogP contribution in [0.3, 0.4) is 0 Å². The lowest BCUT2D eigenvalue weighted by Crippen LogP contribution is -2.38. The highest BCUT2D eigenvalue weighted by molar-refractivity contribution is 5.73. The maximum atomic E-state index is 11.2. The average Bonchev–Trinajstić information content (AvgIpc) is 2.43. The summed E-state index contributed by atoms with van der Waals surface area (Å²) in [6, 6.07) is 0. The van der Waals surface area contributed by atoms with E-state index in [1.54, 1.807) is 13.8 Å². The molecule has 0 bridgehead atoms. The van der Waals surface area contributed by atoms with Crippen molar-refractivity contribution in [3.63, 3.8) is 0 Å². The molecule has 0 aromatic heterocycles. The summed E-state index contributed by atoms with van der Waals surface area (Å²) < 4.78 is 6.18. The van der Waals surface area contributed by atoms with Gasteiger partial charge in [0.15, 0.2) is 0 Å². The second-order valence-electron chi connectivity index (χ2n) is 6.86. The van der Waals surface area contributed by atoms with Crippen LogP contribution in [0.2, 0.25) is 0 Å². The highest BCUT2D eigenvalue weighted by atomic mass is 16.5. The van der Waals surface area contributed by atoms with E-state index < -0.39 is 11.4 Å². The van der Waals surface area contributed by atoms with E-state index in [1.165, 1.54) is 25.7 Å². The Kier molecular flexibility index (Phi) is 5.20. The summed E-state index contributed by atoms with van der Waals surface area (Å²) in [4.78, 5) is 11.2. The van der Waals surface area contributed by atoms with Gasteiger partial charge in [0.2, 0.25) is 0 Å². The zero-order valence-electron chi connectivity index (χ0n) is 12.3. The molecule has 1 aliphatic rings. The van der Waals surface area contributed by atoms with Gasteiger partial charge in [-0.15, -0.1) is 0 Å². The first kappa shape index (κ1) is 15.5. The summed E-state index contributed by atoms with van der Waals surface area (Å²) in [6.07, 6.45) is 8.19. The fourth-order valence-electron chi connectivity index (χ4n) is 2.99. The monoisotopic (exact) mass is 256 g/mol. The van der Waals surface area contributed by atoms with Gasteiger partial charge in [-0.3, -0.25) is 4.79 Å². The van der Waals surface area contributed by atoms with Crippen molar-refractivity contribution in [2.24, 2.45) is 5.41 Å². The highest BCUT2D eigenvalue weighted by Gasteiger charge is 2.36. The van der Waals surface area contributed by atoms with E-state index in [9.17, 15) is 9.90 Å². The first-order valence-electron chi connectivity index (χ1n) is 7.14. The molecule has 1 rings (SSSR count). The first-order chi connectivity index (χ1) is 8.23. The van der Waals surface area contributed by atoms with E-state index in [1.807, 2.05) is 13.8 Å². The van der Waals surface area contributed by atoms with E-state index in [-0.39, 0.29) is 5.60 Å². The zero-order chi connectivity index (χ0) is 13.8. The van der Waals surface area contributed by atoms with Crippen molar-refractivity contribution >= 4 is 5.97 Å². The number of aliphatic carboxylic acids is 1. The Morgan fingerprint density at radius 2 is 1.61 bits per heavy atom.